The average molecular weight is 287 g/mol. The number of aromatic carboxylic acids is 1. The molecule has 0 aliphatic rings. The maximum atomic E-state index is 11.1. The number of aryl methyl sites for hydroxylation is 1. The number of anilines is 2. The molecule has 0 bridgehead atoms. The second-order valence-electron chi connectivity index (χ2n) is 4.54. The number of rotatable bonds is 4. The summed E-state index contributed by atoms with van der Waals surface area (Å²) < 4.78 is 0. The molecule has 0 fully saturated rings. The van der Waals surface area contributed by atoms with Crippen LogP contribution in [0, 0.1) is 24.0 Å². The summed E-state index contributed by atoms with van der Waals surface area (Å²) in [6.07, 6.45) is 1.58. The van der Waals surface area contributed by atoms with Crippen molar-refractivity contribution < 1.29 is 14.8 Å². The van der Waals surface area contributed by atoms with Gasteiger partial charge in [-0.2, -0.15) is 0 Å². The summed E-state index contributed by atoms with van der Waals surface area (Å²) >= 11 is 0. The van der Waals surface area contributed by atoms with Gasteiger partial charge in [0.15, 0.2) is 0 Å². The predicted molar refractivity (Wildman–Crippen MR) is 77.0 cm³/mol. The second kappa shape index (κ2) is 5.58. The lowest BCUT2D eigenvalue weighted by Gasteiger charge is -2.11. The monoisotopic (exact) mass is 287 g/mol. The first-order valence-electron chi connectivity index (χ1n) is 6.10. The standard InChI is InChI=1S/C14H13N3O4/c1-8-3-4-11(7-15-8)16-12-5-10(14(18)19)6-13(9(12)2)17(20)21/h3-7,16H,1-2H3,(H,18,19). The van der Waals surface area contributed by atoms with E-state index < -0.39 is 10.9 Å². The van der Waals surface area contributed by atoms with Gasteiger partial charge in [0.25, 0.3) is 5.69 Å². The van der Waals surface area contributed by atoms with Gasteiger partial charge in [0, 0.05) is 17.4 Å². The number of carbonyl (C=O) groups is 1. The zero-order valence-corrected chi connectivity index (χ0v) is 11.5. The molecular weight excluding hydrogens is 274 g/mol. The number of nitrogens with one attached hydrogen (secondary N) is 1. The lowest BCUT2D eigenvalue weighted by Crippen LogP contribution is -2.04. The summed E-state index contributed by atoms with van der Waals surface area (Å²) in [7, 11) is 0. The Morgan fingerprint density at radius 3 is 2.57 bits per heavy atom. The molecule has 0 amide bonds. The van der Waals surface area contributed by atoms with E-state index in [0.29, 0.717) is 16.9 Å². The van der Waals surface area contributed by atoms with Crippen molar-refractivity contribution in [3.05, 3.63) is 57.4 Å². The molecule has 1 aromatic carbocycles. The van der Waals surface area contributed by atoms with Gasteiger partial charge in [0.05, 0.1) is 27.9 Å². The minimum Gasteiger partial charge on any atom is -0.478 e. The summed E-state index contributed by atoms with van der Waals surface area (Å²) in [5.74, 6) is -1.22. The lowest BCUT2D eigenvalue weighted by atomic mass is 10.1. The van der Waals surface area contributed by atoms with Crippen LogP contribution in [0.5, 0.6) is 0 Å². The molecule has 0 radical (unpaired) electrons. The molecule has 0 aliphatic carbocycles. The SMILES string of the molecule is Cc1ccc(Nc2cc(C(=O)O)cc([N+](=O)[O-])c2C)cn1. The van der Waals surface area contributed by atoms with Gasteiger partial charge in [-0.25, -0.2) is 4.79 Å². The molecule has 7 nitrogen and oxygen atoms in total. The van der Waals surface area contributed by atoms with E-state index in [1.165, 1.54) is 6.07 Å². The Morgan fingerprint density at radius 2 is 2.05 bits per heavy atom. The first-order valence-corrected chi connectivity index (χ1v) is 6.10. The van der Waals surface area contributed by atoms with Gasteiger partial charge in [-0.1, -0.05) is 0 Å². The number of carboxylic acid groups (broad SMARTS) is 1. The van der Waals surface area contributed by atoms with Gasteiger partial charge in [-0.05, 0) is 32.0 Å². The van der Waals surface area contributed by atoms with Crippen LogP contribution in [-0.4, -0.2) is 21.0 Å². The maximum absolute atomic E-state index is 11.1. The largest absolute Gasteiger partial charge is 0.478 e. The molecule has 7 heteroatoms. The number of hydrogen-bond donors (Lipinski definition) is 2. The third-order valence-corrected chi connectivity index (χ3v) is 3.01. The fourth-order valence-corrected chi connectivity index (χ4v) is 1.84. The molecule has 0 unspecified atom stereocenters. The van der Waals surface area contributed by atoms with Crippen molar-refractivity contribution in [2.75, 3.05) is 5.32 Å². The Bertz CT molecular complexity index is 711. The molecule has 0 aliphatic heterocycles. The van der Waals surface area contributed by atoms with Crippen molar-refractivity contribution in [3.63, 3.8) is 0 Å². The Kier molecular flexibility index (Phi) is 3.84. The smallest absolute Gasteiger partial charge is 0.336 e. The van der Waals surface area contributed by atoms with Crippen molar-refractivity contribution in [1.82, 2.24) is 4.98 Å². The molecule has 2 N–H and O–H groups in total. The molecule has 2 rings (SSSR count). The maximum Gasteiger partial charge on any atom is 0.336 e. The molecular formula is C14H13N3O4. The van der Waals surface area contributed by atoms with Crippen LogP contribution in [0.15, 0.2) is 30.5 Å². The van der Waals surface area contributed by atoms with Gasteiger partial charge in [-0.15, -0.1) is 0 Å². The Labute approximate surface area is 120 Å². The molecule has 21 heavy (non-hydrogen) atoms. The summed E-state index contributed by atoms with van der Waals surface area (Å²) in [5, 5.41) is 23.0. The molecule has 108 valence electrons. The lowest BCUT2D eigenvalue weighted by molar-refractivity contribution is -0.385. The number of pyridine rings is 1. The molecule has 0 spiro atoms. The van der Waals surface area contributed by atoms with Crippen molar-refractivity contribution >= 4 is 23.0 Å². The Hall–Kier alpha value is -2.96. The number of nitro benzene ring substituents is 1. The third-order valence-electron chi connectivity index (χ3n) is 3.01. The van der Waals surface area contributed by atoms with E-state index >= 15 is 0 Å². The molecule has 2 aromatic rings. The number of hydrogen-bond acceptors (Lipinski definition) is 5. The van der Waals surface area contributed by atoms with E-state index in [2.05, 4.69) is 10.3 Å². The Balaban J connectivity index is 2.48. The molecule has 0 atom stereocenters. The van der Waals surface area contributed by atoms with Crippen LogP contribution in [0.2, 0.25) is 0 Å². The zero-order chi connectivity index (χ0) is 15.6. The van der Waals surface area contributed by atoms with Crippen LogP contribution in [0.1, 0.15) is 21.6 Å². The Morgan fingerprint density at radius 1 is 1.33 bits per heavy atom. The van der Waals surface area contributed by atoms with E-state index in [9.17, 15) is 14.9 Å². The molecule has 0 saturated heterocycles. The van der Waals surface area contributed by atoms with Crippen molar-refractivity contribution in [2.45, 2.75) is 13.8 Å². The summed E-state index contributed by atoms with van der Waals surface area (Å²) in [6, 6.07) is 5.97. The van der Waals surface area contributed by atoms with Crippen LogP contribution in [0.25, 0.3) is 0 Å². The van der Waals surface area contributed by atoms with Crippen molar-refractivity contribution in [2.24, 2.45) is 0 Å². The van der Waals surface area contributed by atoms with Crippen LogP contribution >= 0.6 is 0 Å². The van der Waals surface area contributed by atoms with E-state index in [-0.39, 0.29) is 11.3 Å². The molecule has 1 aromatic heterocycles. The minimum atomic E-state index is -1.22. The molecule has 0 saturated carbocycles. The fourth-order valence-electron chi connectivity index (χ4n) is 1.84. The van der Waals surface area contributed by atoms with Crippen LogP contribution < -0.4 is 5.32 Å². The van der Waals surface area contributed by atoms with Crippen LogP contribution in [-0.2, 0) is 0 Å². The van der Waals surface area contributed by atoms with Crippen LogP contribution in [0.4, 0.5) is 17.1 Å². The normalized spacial score (nSPS) is 10.2. The highest BCUT2D eigenvalue weighted by atomic mass is 16.6. The summed E-state index contributed by atoms with van der Waals surface area (Å²) in [4.78, 5) is 25.6. The number of carboxylic acids is 1. The first-order chi connectivity index (χ1) is 9.88. The summed E-state index contributed by atoms with van der Waals surface area (Å²) in [5.41, 5.74) is 1.81. The first kappa shape index (κ1) is 14.4. The second-order valence-corrected chi connectivity index (χ2v) is 4.54. The van der Waals surface area contributed by atoms with Gasteiger partial charge in [0.1, 0.15) is 0 Å². The molecule has 1 heterocycles. The number of nitro groups is 1. The average Bonchev–Trinajstić information content (AvgIpc) is 2.42. The fraction of sp³-hybridized carbons (Fsp3) is 0.143. The highest BCUT2D eigenvalue weighted by Gasteiger charge is 2.19. The zero-order valence-electron chi connectivity index (χ0n) is 11.5. The summed E-state index contributed by atoms with van der Waals surface area (Å²) in [6.45, 7) is 3.40. The van der Waals surface area contributed by atoms with E-state index in [1.54, 1.807) is 25.3 Å². The third kappa shape index (κ3) is 3.14. The van der Waals surface area contributed by atoms with Crippen molar-refractivity contribution in [1.29, 1.82) is 0 Å². The van der Waals surface area contributed by atoms with Gasteiger partial charge < -0.3 is 10.4 Å². The number of nitrogens with zero attached hydrogens (tertiary/aromatic N) is 2. The number of benzene rings is 1. The highest BCUT2D eigenvalue weighted by molar-refractivity contribution is 5.91. The van der Waals surface area contributed by atoms with Gasteiger partial charge in [0.2, 0.25) is 0 Å². The topological polar surface area (TPSA) is 105 Å². The van der Waals surface area contributed by atoms with Gasteiger partial charge >= 0.3 is 5.97 Å². The van der Waals surface area contributed by atoms with Gasteiger partial charge in [-0.3, -0.25) is 15.1 Å². The quantitative estimate of drug-likeness (QED) is 0.661. The minimum absolute atomic E-state index is 0.144. The van der Waals surface area contributed by atoms with E-state index in [1.807, 2.05) is 6.92 Å². The highest BCUT2D eigenvalue weighted by Crippen LogP contribution is 2.30. The number of aromatic nitrogens is 1. The van der Waals surface area contributed by atoms with E-state index in [4.69, 9.17) is 5.11 Å². The van der Waals surface area contributed by atoms with Crippen molar-refractivity contribution in [3.8, 4) is 0 Å². The van der Waals surface area contributed by atoms with Crippen LogP contribution in [0.3, 0.4) is 0 Å². The predicted octanol–water partition coefficient (Wildman–Crippen LogP) is 3.05. The van der Waals surface area contributed by atoms with E-state index in [0.717, 1.165) is 11.8 Å².